The summed E-state index contributed by atoms with van der Waals surface area (Å²) in [6.45, 7) is 3.63. The van der Waals surface area contributed by atoms with Gasteiger partial charge in [-0.25, -0.2) is 0 Å². The highest BCUT2D eigenvalue weighted by molar-refractivity contribution is 9.11. The van der Waals surface area contributed by atoms with Crippen LogP contribution in [0.5, 0.6) is 0 Å². The maximum absolute atomic E-state index is 3.63. The SMILES string of the molecule is [CH2]C=Cc1cc(Br)cc(Br)c1. The lowest BCUT2D eigenvalue weighted by Crippen LogP contribution is -1.72. The van der Waals surface area contributed by atoms with Gasteiger partial charge in [-0.05, 0) is 30.7 Å². The maximum atomic E-state index is 3.63. The molecule has 0 bridgehead atoms. The number of hydrogen-bond acceptors (Lipinski definition) is 0. The second kappa shape index (κ2) is 4.07. The van der Waals surface area contributed by atoms with Crippen LogP contribution in [0.2, 0.25) is 0 Å². The molecule has 57 valence electrons. The molecule has 0 amide bonds. The maximum Gasteiger partial charge on any atom is 0.0192 e. The molecule has 0 fully saturated rings. The molecule has 0 spiro atoms. The van der Waals surface area contributed by atoms with Gasteiger partial charge in [-0.1, -0.05) is 44.0 Å². The first kappa shape index (κ1) is 9.01. The standard InChI is InChI=1S/C9H7Br2/c1-2-3-7-4-8(10)6-9(11)5-7/h2-6H,1H2. The summed E-state index contributed by atoms with van der Waals surface area (Å²) in [7, 11) is 0. The van der Waals surface area contributed by atoms with Gasteiger partial charge in [0.25, 0.3) is 0 Å². The third-order valence-electron chi connectivity index (χ3n) is 1.20. The molecule has 0 saturated carbocycles. The average Bonchev–Trinajstić information content (AvgIpc) is 1.85. The van der Waals surface area contributed by atoms with Crippen LogP contribution in [-0.2, 0) is 0 Å². The van der Waals surface area contributed by atoms with Gasteiger partial charge in [0.1, 0.15) is 0 Å². The zero-order chi connectivity index (χ0) is 8.27. The Hall–Kier alpha value is -0.0800. The Balaban J connectivity index is 3.08. The van der Waals surface area contributed by atoms with Crippen LogP contribution in [0.15, 0.2) is 33.2 Å². The van der Waals surface area contributed by atoms with Crippen molar-refractivity contribution in [3.05, 3.63) is 45.7 Å². The van der Waals surface area contributed by atoms with Crippen molar-refractivity contribution >= 4 is 37.9 Å². The molecule has 0 heterocycles. The van der Waals surface area contributed by atoms with Crippen molar-refractivity contribution < 1.29 is 0 Å². The fourth-order valence-electron chi connectivity index (χ4n) is 0.807. The second-order valence-electron chi connectivity index (χ2n) is 2.11. The third kappa shape index (κ3) is 2.80. The summed E-state index contributed by atoms with van der Waals surface area (Å²) in [5, 5.41) is 0. The molecular weight excluding hydrogens is 268 g/mol. The van der Waals surface area contributed by atoms with Crippen LogP contribution in [0, 0.1) is 6.92 Å². The fraction of sp³-hybridized carbons (Fsp3) is 0. The molecule has 0 atom stereocenters. The van der Waals surface area contributed by atoms with Crippen LogP contribution in [0.25, 0.3) is 6.08 Å². The summed E-state index contributed by atoms with van der Waals surface area (Å²) in [6, 6.07) is 6.07. The van der Waals surface area contributed by atoms with E-state index in [0.717, 1.165) is 14.5 Å². The van der Waals surface area contributed by atoms with E-state index in [9.17, 15) is 0 Å². The Morgan fingerprint density at radius 1 is 1.09 bits per heavy atom. The third-order valence-corrected chi connectivity index (χ3v) is 2.11. The van der Waals surface area contributed by atoms with Crippen LogP contribution >= 0.6 is 31.9 Å². The summed E-state index contributed by atoms with van der Waals surface area (Å²) >= 11 is 6.80. The molecule has 1 rings (SSSR count). The minimum absolute atomic E-state index is 1.07. The molecule has 11 heavy (non-hydrogen) atoms. The van der Waals surface area contributed by atoms with Crippen LogP contribution in [-0.4, -0.2) is 0 Å². The molecule has 1 radical (unpaired) electrons. The minimum Gasteiger partial charge on any atom is -0.0836 e. The molecule has 1 aromatic rings. The Morgan fingerprint density at radius 3 is 2.09 bits per heavy atom. The molecule has 2 heteroatoms. The van der Waals surface area contributed by atoms with Gasteiger partial charge in [-0.3, -0.25) is 0 Å². The molecule has 0 nitrogen and oxygen atoms in total. The molecular formula is C9H7Br2. The van der Waals surface area contributed by atoms with Crippen LogP contribution < -0.4 is 0 Å². The van der Waals surface area contributed by atoms with Crippen molar-refractivity contribution in [3.8, 4) is 0 Å². The van der Waals surface area contributed by atoms with Gasteiger partial charge >= 0.3 is 0 Å². The minimum atomic E-state index is 1.07. The Kier molecular flexibility index (Phi) is 3.34. The zero-order valence-electron chi connectivity index (χ0n) is 5.85. The molecule has 0 N–H and O–H groups in total. The average molecular weight is 275 g/mol. The first-order chi connectivity index (χ1) is 5.22. The van der Waals surface area contributed by atoms with E-state index in [2.05, 4.69) is 38.8 Å². The highest BCUT2D eigenvalue weighted by atomic mass is 79.9. The van der Waals surface area contributed by atoms with E-state index in [0.29, 0.717) is 0 Å². The van der Waals surface area contributed by atoms with Crippen molar-refractivity contribution in [1.82, 2.24) is 0 Å². The summed E-state index contributed by atoms with van der Waals surface area (Å²) in [6.07, 6.45) is 3.73. The number of hydrogen-bond donors (Lipinski definition) is 0. The van der Waals surface area contributed by atoms with E-state index >= 15 is 0 Å². The second-order valence-corrected chi connectivity index (χ2v) is 3.94. The topological polar surface area (TPSA) is 0 Å². The van der Waals surface area contributed by atoms with Gasteiger partial charge in [0, 0.05) is 8.95 Å². The van der Waals surface area contributed by atoms with Gasteiger partial charge in [0.2, 0.25) is 0 Å². The number of halogens is 2. The Labute approximate surface area is 83.6 Å². The first-order valence-electron chi connectivity index (χ1n) is 3.14. The van der Waals surface area contributed by atoms with Crippen molar-refractivity contribution in [1.29, 1.82) is 0 Å². The summed E-state index contributed by atoms with van der Waals surface area (Å²) in [4.78, 5) is 0. The van der Waals surface area contributed by atoms with E-state index in [1.807, 2.05) is 24.3 Å². The predicted octanol–water partition coefficient (Wildman–Crippen LogP) is 4.06. The van der Waals surface area contributed by atoms with Crippen molar-refractivity contribution in [2.24, 2.45) is 0 Å². The monoisotopic (exact) mass is 273 g/mol. The quantitative estimate of drug-likeness (QED) is 0.725. The normalized spacial score (nSPS) is 10.8. The lowest BCUT2D eigenvalue weighted by Gasteiger charge is -1.96. The molecule has 0 saturated heterocycles. The van der Waals surface area contributed by atoms with Crippen LogP contribution in [0.1, 0.15) is 5.56 Å². The largest absolute Gasteiger partial charge is 0.0836 e. The van der Waals surface area contributed by atoms with Gasteiger partial charge < -0.3 is 0 Å². The number of rotatable bonds is 1. The van der Waals surface area contributed by atoms with Crippen molar-refractivity contribution in [2.75, 3.05) is 0 Å². The highest BCUT2D eigenvalue weighted by Gasteiger charge is 1.92. The molecule has 0 aliphatic heterocycles. The van der Waals surface area contributed by atoms with Gasteiger partial charge in [-0.15, -0.1) is 0 Å². The van der Waals surface area contributed by atoms with E-state index in [1.54, 1.807) is 6.08 Å². The molecule has 0 aliphatic rings. The molecule has 1 aromatic carbocycles. The zero-order valence-corrected chi connectivity index (χ0v) is 9.02. The first-order valence-corrected chi connectivity index (χ1v) is 4.73. The van der Waals surface area contributed by atoms with Crippen LogP contribution in [0.4, 0.5) is 0 Å². The van der Waals surface area contributed by atoms with E-state index in [4.69, 9.17) is 0 Å². The Bertz CT molecular complexity index is 257. The van der Waals surface area contributed by atoms with Gasteiger partial charge in [0.15, 0.2) is 0 Å². The lowest BCUT2D eigenvalue weighted by molar-refractivity contribution is 1.57. The molecule has 0 unspecified atom stereocenters. The van der Waals surface area contributed by atoms with Gasteiger partial charge in [-0.2, -0.15) is 0 Å². The molecule has 0 aliphatic carbocycles. The predicted molar refractivity (Wildman–Crippen MR) is 56.2 cm³/mol. The molecule has 0 aromatic heterocycles. The van der Waals surface area contributed by atoms with E-state index in [-0.39, 0.29) is 0 Å². The highest BCUT2D eigenvalue weighted by Crippen LogP contribution is 2.20. The van der Waals surface area contributed by atoms with Crippen molar-refractivity contribution in [3.63, 3.8) is 0 Å². The van der Waals surface area contributed by atoms with E-state index < -0.39 is 0 Å². The number of benzene rings is 1. The van der Waals surface area contributed by atoms with Crippen LogP contribution in [0.3, 0.4) is 0 Å². The fourth-order valence-corrected chi connectivity index (χ4v) is 2.14. The summed E-state index contributed by atoms with van der Waals surface area (Å²) in [5.41, 5.74) is 1.14. The summed E-state index contributed by atoms with van der Waals surface area (Å²) in [5.74, 6) is 0. The lowest BCUT2D eigenvalue weighted by atomic mass is 10.2. The van der Waals surface area contributed by atoms with Crippen molar-refractivity contribution in [2.45, 2.75) is 0 Å². The smallest absolute Gasteiger partial charge is 0.0192 e. The summed E-state index contributed by atoms with van der Waals surface area (Å²) < 4.78 is 2.14. The van der Waals surface area contributed by atoms with Gasteiger partial charge in [0.05, 0.1) is 0 Å². The Morgan fingerprint density at radius 2 is 1.64 bits per heavy atom. The number of allylic oxidation sites excluding steroid dienone is 1. The van der Waals surface area contributed by atoms with E-state index in [1.165, 1.54) is 0 Å².